The number of likely N-dealkylation sites (tertiary alicyclic amines) is 1. The second kappa shape index (κ2) is 16.6. The van der Waals surface area contributed by atoms with Gasteiger partial charge >= 0.3 is 0 Å². The lowest BCUT2D eigenvalue weighted by Gasteiger charge is -2.39. The van der Waals surface area contributed by atoms with Gasteiger partial charge in [-0.25, -0.2) is 5.48 Å². The Hall–Kier alpha value is -3.60. The molecule has 2 saturated heterocycles. The summed E-state index contributed by atoms with van der Waals surface area (Å²) in [6.45, 7) is 3.57. The number of piperidine rings is 1. The fraction of sp³-hybridized carbons (Fsp3) is 0.444. The van der Waals surface area contributed by atoms with Crippen molar-refractivity contribution in [1.82, 2.24) is 15.7 Å². The fourth-order valence-electron chi connectivity index (χ4n) is 6.07. The lowest BCUT2D eigenvalue weighted by Crippen LogP contribution is -2.41. The molecule has 9 heteroatoms. The van der Waals surface area contributed by atoms with E-state index < -0.39 is 12.2 Å². The van der Waals surface area contributed by atoms with Gasteiger partial charge in [0.1, 0.15) is 0 Å². The Balaban J connectivity index is 1.21. The van der Waals surface area contributed by atoms with Crippen molar-refractivity contribution in [3.63, 3.8) is 0 Å². The molecule has 0 saturated carbocycles. The van der Waals surface area contributed by atoms with E-state index in [0.29, 0.717) is 25.8 Å². The molecule has 45 heavy (non-hydrogen) atoms. The average molecular weight is 616 g/mol. The number of nitrogens with zero attached hydrogens (tertiary/aromatic N) is 1. The van der Waals surface area contributed by atoms with Crippen LogP contribution in [-0.2, 0) is 32.2 Å². The van der Waals surface area contributed by atoms with Crippen LogP contribution in [0.3, 0.4) is 0 Å². The number of carbonyl (C=O) groups is 2. The van der Waals surface area contributed by atoms with Crippen molar-refractivity contribution in [2.45, 2.75) is 83.0 Å². The summed E-state index contributed by atoms with van der Waals surface area (Å²) in [4.78, 5) is 25.9. The van der Waals surface area contributed by atoms with Crippen LogP contribution in [-0.4, -0.2) is 52.8 Å². The van der Waals surface area contributed by atoms with Crippen LogP contribution in [0.15, 0.2) is 72.8 Å². The average Bonchev–Trinajstić information content (AvgIpc) is 3.09. The van der Waals surface area contributed by atoms with E-state index in [1.54, 1.807) is 5.48 Å². The van der Waals surface area contributed by atoms with Crippen molar-refractivity contribution in [1.29, 1.82) is 0 Å². The summed E-state index contributed by atoms with van der Waals surface area (Å²) in [5.41, 5.74) is 7.67. The predicted octanol–water partition coefficient (Wildman–Crippen LogP) is 5.56. The minimum Gasteiger partial charge on any atom is -0.392 e. The van der Waals surface area contributed by atoms with E-state index in [1.165, 1.54) is 19.3 Å². The molecular weight excluding hydrogens is 570 g/mol. The van der Waals surface area contributed by atoms with Crippen molar-refractivity contribution >= 4 is 11.8 Å². The van der Waals surface area contributed by atoms with E-state index in [9.17, 15) is 14.7 Å². The Morgan fingerprint density at radius 2 is 1.51 bits per heavy atom. The van der Waals surface area contributed by atoms with Crippen LogP contribution in [0.25, 0.3) is 11.1 Å². The quantitative estimate of drug-likeness (QED) is 0.113. The third-order valence-electron chi connectivity index (χ3n) is 8.64. The number of hydrogen-bond donors (Lipinski definition) is 4. The van der Waals surface area contributed by atoms with Gasteiger partial charge in [-0.05, 0) is 72.7 Å². The zero-order valence-electron chi connectivity index (χ0n) is 25.8. The molecule has 0 aromatic heterocycles. The van der Waals surface area contributed by atoms with Crippen LogP contribution in [0.5, 0.6) is 0 Å². The maximum atomic E-state index is 12.3. The van der Waals surface area contributed by atoms with Crippen molar-refractivity contribution in [2.75, 3.05) is 19.6 Å². The number of unbranched alkanes of at least 4 members (excludes halogenated alkanes) is 1. The number of carbonyl (C=O) groups excluding carboxylic acids is 2. The number of amides is 2. The number of benzene rings is 3. The molecule has 2 aliphatic rings. The van der Waals surface area contributed by atoms with Gasteiger partial charge in [-0.15, -0.1) is 0 Å². The van der Waals surface area contributed by atoms with Gasteiger partial charge in [-0.3, -0.25) is 14.8 Å². The molecule has 9 nitrogen and oxygen atoms in total. The second-order valence-corrected chi connectivity index (χ2v) is 12.1. The molecule has 2 aliphatic heterocycles. The topological polar surface area (TPSA) is 120 Å². The van der Waals surface area contributed by atoms with E-state index in [1.807, 2.05) is 36.4 Å². The summed E-state index contributed by atoms with van der Waals surface area (Å²) in [5.74, 6) is -0.506. The minimum absolute atomic E-state index is 0.0219. The first-order valence-corrected chi connectivity index (χ1v) is 16.1. The van der Waals surface area contributed by atoms with Crippen molar-refractivity contribution in [3.8, 4) is 11.1 Å². The van der Waals surface area contributed by atoms with E-state index in [0.717, 1.165) is 59.4 Å². The normalized spacial score (nSPS) is 20.4. The van der Waals surface area contributed by atoms with E-state index >= 15 is 0 Å². The van der Waals surface area contributed by atoms with Crippen LogP contribution < -0.4 is 10.8 Å². The summed E-state index contributed by atoms with van der Waals surface area (Å²) >= 11 is 0. The lowest BCUT2D eigenvalue weighted by molar-refractivity contribution is -0.253. The Kier molecular flexibility index (Phi) is 12.1. The lowest BCUT2D eigenvalue weighted by atomic mass is 9.98. The fourth-order valence-corrected chi connectivity index (χ4v) is 6.07. The van der Waals surface area contributed by atoms with Crippen LogP contribution in [0.2, 0.25) is 0 Å². The molecule has 0 spiro atoms. The molecule has 2 heterocycles. The number of aliphatic hydroxyl groups excluding tert-OH is 1. The van der Waals surface area contributed by atoms with Gasteiger partial charge in [0.25, 0.3) is 0 Å². The summed E-state index contributed by atoms with van der Waals surface area (Å²) in [6.07, 6.45) is 5.68. The van der Waals surface area contributed by atoms with E-state index in [-0.39, 0.29) is 31.1 Å². The molecule has 4 N–H and O–H groups in total. The van der Waals surface area contributed by atoms with Gasteiger partial charge in [0.05, 0.1) is 18.8 Å². The highest BCUT2D eigenvalue weighted by molar-refractivity contribution is 5.76. The first kappa shape index (κ1) is 32.8. The smallest absolute Gasteiger partial charge is 0.243 e. The van der Waals surface area contributed by atoms with Crippen molar-refractivity contribution < 1.29 is 29.4 Å². The highest BCUT2D eigenvalue weighted by Gasteiger charge is 2.33. The largest absolute Gasteiger partial charge is 0.392 e. The van der Waals surface area contributed by atoms with Crippen LogP contribution >= 0.6 is 0 Å². The Morgan fingerprint density at radius 1 is 0.800 bits per heavy atom. The van der Waals surface area contributed by atoms with Crippen LogP contribution in [0.4, 0.5) is 0 Å². The Morgan fingerprint density at radius 3 is 2.22 bits per heavy atom. The standard InChI is InChI=1S/C36H45N3O6/c40-25-26-11-13-29(14-12-26)33-22-32(24-39-19-4-1-5-20-39)44-36(45-33)30-17-15-28(16-18-30)31-8-6-7-27(21-31)23-37-34(41)9-2-3-10-35(42)38-43/h6-8,11-18,21,32-33,36,40,43H,1-5,9-10,19-20,22-25H2,(H,37,41)(H,38,42)/t32-,33+,36+/m1/s1. The number of rotatable bonds is 13. The number of ether oxygens (including phenoxy) is 2. The Labute approximate surface area is 265 Å². The third kappa shape index (κ3) is 9.69. The van der Waals surface area contributed by atoms with Gasteiger partial charge in [0, 0.05) is 37.9 Å². The Bertz CT molecular complexity index is 1370. The van der Waals surface area contributed by atoms with Gasteiger partial charge < -0.3 is 24.8 Å². The molecule has 5 rings (SSSR count). The first-order chi connectivity index (χ1) is 22.0. The van der Waals surface area contributed by atoms with Crippen LogP contribution in [0.1, 0.15) is 86.0 Å². The summed E-state index contributed by atoms with van der Waals surface area (Å²) < 4.78 is 13.1. The SMILES string of the molecule is O=C(CCCCC(=O)NCc1cccc(-c2ccc([C@H]3O[C@@H](CN4CCCCC4)C[C@@H](c4ccc(CO)cc4)O3)cc2)c1)NO. The summed E-state index contributed by atoms with van der Waals surface area (Å²) in [5, 5.41) is 21.0. The highest BCUT2D eigenvalue weighted by atomic mass is 16.7. The summed E-state index contributed by atoms with van der Waals surface area (Å²) in [7, 11) is 0. The monoisotopic (exact) mass is 615 g/mol. The van der Waals surface area contributed by atoms with Crippen molar-refractivity contribution in [3.05, 3.63) is 95.1 Å². The maximum Gasteiger partial charge on any atom is 0.243 e. The zero-order valence-corrected chi connectivity index (χ0v) is 25.8. The minimum atomic E-state index is -0.482. The first-order valence-electron chi connectivity index (χ1n) is 16.1. The molecule has 3 atom stereocenters. The molecule has 3 aromatic carbocycles. The molecule has 240 valence electrons. The molecule has 0 bridgehead atoms. The van der Waals surface area contributed by atoms with Gasteiger partial charge in [0.2, 0.25) is 11.8 Å². The predicted molar refractivity (Wildman–Crippen MR) is 171 cm³/mol. The number of hydroxylamine groups is 1. The van der Waals surface area contributed by atoms with Crippen LogP contribution in [0, 0.1) is 0 Å². The third-order valence-corrected chi connectivity index (χ3v) is 8.64. The molecule has 0 aliphatic carbocycles. The molecule has 3 aromatic rings. The highest BCUT2D eigenvalue weighted by Crippen LogP contribution is 2.39. The van der Waals surface area contributed by atoms with Crippen molar-refractivity contribution in [2.24, 2.45) is 0 Å². The van der Waals surface area contributed by atoms with E-state index in [4.69, 9.17) is 14.7 Å². The maximum absolute atomic E-state index is 12.3. The molecule has 0 unspecified atom stereocenters. The molecular formula is C36H45N3O6. The van der Waals surface area contributed by atoms with E-state index in [2.05, 4.69) is 46.6 Å². The second-order valence-electron chi connectivity index (χ2n) is 12.1. The van der Waals surface area contributed by atoms with Gasteiger partial charge in [-0.2, -0.15) is 0 Å². The molecule has 2 fully saturated rings. The van der Waals surface area contributed by atoms with Gasteiger partial charge in [-0.1, -0.05) is 73.2 Å². The molecule has 0 radical (unpaired) electrons. The number of nitrogens with one attached hydrogen (secondary N) is 2. The van der Waals surface area contributed by atoms with Gasteiger partial charge in [0.15, 0.2) is 6.29 Å². The number of hydrogen-bond acceptors (Lipinski definition) is 7. The number of aliphatic hydroxyl groups is 1. The molecule has 2 amide bonds. The zero-order chi connectivity index (χ0) is 31.4. The summed E-state index contributed by atoms with van der Waals surface area (Å²) in [6, 6.07) is 24.4.